The molecule has 0 spiro atoms. The molecule has 0 bridgehead atoms. The minimum Gasteiger partial charge on any atom is -0.344 e. The van der Waals surface area contributed by atoms with Gasteiger partial charge in [0.05, 0.1) is 17.7 Å². The molecule has 0 unspecified atom stereocenters. The van der Waals surface area contributed by atoms with E-state index in [1.165, 1.54) is 11.1 Å². The van der Waals surface area contributed by atoms with Gasteiger partial charge in [-0.3, -0.25) is 4.31 Å². The molecule has 1 aliphatic carbocycles. The second kappa shape index (κ2) is 16.1. The van der Waals surface area contributed by atoms with Crippen molar-refractivity contribution in [1.29, 1.82) is 0 Å². The predicted octanol–water partition coefficient (Wildman–Crippen LogP) is 13.6. The van der Waals surface area contributed by atoms with Gasteiger partial charge in [-0.15, -0.1) is 0 Å². The van der Waals surface area contributed by atoms with E-state index < -0.39 is 32.9 Å². The van der Waals surface area contributed by atoms with Crippen molar-refractivity contribution < 1.29 is 26.2 Å². The van der Waals surface area contributed by atoms with Gasteiger partial charge in [-0.1, -0.05) is 143 Å². The van der Waals surface area contributed by atoms with Crippen LogP contribution >= 0.6 is 0 Å². The van der Waals surface area contributed by atoms with Crippen molar-refractivity contribution >= 4 is 59.8 Å². The lowest BCUT2D eigenvalue weighted by Gasteiger charge is -2.29. The Hall–Kier alpha value is -6.19. The van der Waals surface area contributed by atoms with Crippen LogP contribution in [0.25, 0.3) is 32.7 Å². The zero-order valence-corrected chi connectivity index (χ0v) is 38.0. The van der Waals surface area contributed by atoms with E-state index in [4.69, 9.17) is 0 Å². The molecule has 0 amide bonds. The summed E-state index contributed by atoms with van der Waals surface area (Å²) in [5.41, 5.74) is 2.43. The number of rotatable bonds is 11. The molecule has 0 atom stereocenters. The third kappa shape index (κ3) is 6.91. The summed E-state index contributed by atoms with van der Waals surface area (Å²) >= 11 is 0. The van der Waals surface area contributed by atoms with Crippen LogP contribution in [0.1, 0.15) is 82.2 Å². The van der Waals surface area contributed by atoms with Crippen LogP contribution in [0.3, 0.4) is 0 Å². The number of benzene rings is 6. The zero-order chi connectivity index (χ0) is 45.2. The Balaban J connectivity index is 1.30. The summed E-state index contributed by atoms with van der Waals surface area (Å²) in [4.78, 5) is 2.31. The van der Waals surface area contributed by atoms with E-state index in [1.54, 1.807) is 30.3 Å². The van der Waals surface area contributed by atoms with Gasteiger partial charge in [-0.05, 0) is 88.4 Å². The Bertz CT molecular complexity index is 3120. The van der Waals surface area contributed by atoms with Crippen molar-refractivity contribution in [1.82, 2.24) is 4.31 Å². The number of allylic oxidation sites excluding steroid dienone is 7. The molecule has 0 fully saturated rings. The molecule has 6 aromatic carbocycles. The molecular weight excluding hydrogens is 824 g/mol. The predicted molar refractivity (Wildman–Crippen MR) is 257 cm³/mol. The minimum atomic E-state index is -5.95. The first-order valence-corrected chi connectivity index (χ1v) is 23.6. The molecule has 0 saturated carbocycles. The first kappa shape index (κ1) is 43.1. The second-order valence-corrected chi connectivity index (χ2v) is 19.9. The molecule has 2 heterocycles. The van der Waals surface area contributed by atoms with E-state index in [-0.39, 0.29) is 5.70 Å². The molecule has 5 nitrogen and oxygen atoms in total. The van der Waals surface area contributed by atoms with Crippen LogP contribution in [0.2, 0.25) is 0 Å². The number of sulfonamides is 1. The SMILES string of the molecule is CCCN1/C(=C/C=C2C(N(Cc3ccccc3)S(=O)(=O)C(F)(F)F)=C(/C=C/C3=[N+](CCC)c4ccc5ccccc5c4C3(C)C)c3ccccc3/2)C(C)(C)c2c1ccc1ccccc21. The van der Waals surface area contributed by atoms with E-state index in [2.05, 4.69) is 99.5 Å². The lowest BCUT2D eigenvalue weighted by molar-refractivity contribution is -0.437. The summed E-state index contributed by atoms with van der Waals surface area (Å²) in [5, 5.41) is 4.54. The van der Waals surface area contributed by atoms with Crippen LogP contribution in [0.4, 0.5) is 24.5 Å². The standard InChI is InChI=1S/C55H53F3N3O2S/c1-7-34-59-46-30-26-38-20-12-14-22-40(38)50(46)53(3,4)48(59)32-28-44-42-24-16-17-25-43(42)45(52(44)61(64(62,63)55(56,57)58)36-37-18-10-9-11-19-37)29-33-49-54(5,6)51-41-23-15-13-21-39(41)27-31-47(51)60(49)35-8-2/h9-33H,7-8,34-36H2,1-6H3/q+1. The van der Waals surface area contributed by atoms with Gasteiger partial charge < -0.3 is 4.90 Å². The van der Waals surface area contributed by atoms with Gasteiger partial charge in [-0.25, -0.2) is 0 Å². The average molecular weight is 877 g/mol. The normalized spacial score (nSPS) is 18.0. The van der Waals surface area contributed by atoms with Crippen molar-refractivity contribution in [3.63, 3.8) is 0 Å². The molecule has 0 aromatic heterocycles. The molecule has 2 aliphatic heterocycles. The Morgan fingerprint density at radius 3 is 1.94 bits per heavy atom. The van der Waals surface area contributed by atoms with E-state index in [1.807, 2.05) is 72.8 Å². The molecule has 0 saturated heterocycles. The van der Waals surface area contributed by atoms with E-state index in [9.17, 15) is 8.42 Å². The van der Waals surface area contributed by atoms with Crippen molar-refractivity contribution in [2.75, 3.05) is 18.0 Å². The lowest BCUT2D eigenvalue weighted by Crippen LogP contribution is -2.40. The van der Waals surface area contributed by atoms with Crippen LogP contribution < -0.4 is 4.90 Å². The maximum absolute atomic E-state index is 15.2. The fourth-order valence-electron chi connectivity index (χ4n) is 10.4. The molecule has 0 N–H and O–H groups in total. The molecule has 9 heteroatoms. The van der Waals surface area contributed by atoms with E-state index in [0.717, 1.165) is 70.3 Å². The topological polar surface area (TPSA) is 43.6 Å². The molecule has 6 aromatic rings. The summed E-state index contributed by atoms with van der Waals surface area (Å²) in [6.45, 7) is 13.9. The smallest absolute Gasteiger partial charge is 0.344 e. The monoisotopic (exact) mass is 876 g/mol. The molecular formula is C55H53F3N3O2S+. The third-order valence-electron chi connectivity index (χ3n) is 13.2. The van der Waals surface area contributed by atoms with E-state index >= 15 is 13.2 Å². The summed E-state index contributed by atoms with van der Waals surface area (Å²) in [6, 6.07) is 41.2. The lowest BCUT2D eigenvalue weighted by atomic mass is 9.79. The van der Waals surface area contributed by atoms with Gasteiger partial charge in [-0.2, -0.15) is 26.2 Å². The first-order valence-electron chi connectivity index (χ1n) is 22.2. The Kier molecular flexibility index (Phi) is 10.8. The highest BCUT2D eigenvalue weighted by Crippen LogP contribution is 2.53. The van der Waals surface area contributed by atoms with Crippen LogP contribution in [-0.2, 0) is 27.4 Å². The van der Waals surface area contributed by atoms with Crippen molar-refractivity contribution in [3.8, 4) is 0 Å². The quantitative estimate of drug-likeness (QED) is 0.122. The maximum Gasteiger partial charge on any atom is 0.516 e. The molecule has 0 radical (unpaired) electrons. The average Bonchev–Trinajstić information content (AvgIpc) is 3.79. The Labute approximate surface area is 374 Å². The number of alkyl halides is 3. The fourth-order valence-corrected chi connectivity index (χ4v) is 11.4. The van der Waals surface area contributed by atoms with Crippen LogP contribution in [0.15, 0.2) is 163 Å². The van der Waals surface area contributed by atoms with Gasteiger partial charge in [0.25, 0.3) is 0 Å². The van der Waals surface area contributed by atoms with Crippen molar-refractivity contribution in [2.45, 2.75) is 77.3 Å². The largest absolute Gasteiger partial charge is 0.516 e. The van der Waals surface area contributed by atoms with Crippen LogP contribution in [0, 0.1) is 0 Å². The van der Waals surface area contributed by atoms with Crippen LogP contribution in [0.5, 0.6) is 0 Å². The van der Waals surface area contributed by atoms with Gasteiger partial charge in [0, 0.05) is 58.6 Å². The molecule has 3 aliphatic rings. The summed E-state index contributed by atoms with van der Waals surface area (Å²) < 4.78 is 76.9. The number of hydrogen-bond acceptors (Lipinski definition) is 3. The van der Waals surface area contributed by atoms with E-state index in [0.29, 0.717) is 32.1 Å². The summed E-state index contributed by atoms with van der Waals surface area (Å²) in [7, 11) is -5.95. The Morgan fingerprint density at radius 2 is 1.28 bits per heavy atom. The van der Waals surface area contributed by atoms with Crippen molar-refractivity contribution in [2.24, 2.45) is 0 Å². The molecule has 64 heavy (non-hydrogen) atoms. The van der Waals surface area contributed by atoms with Gasteiger partial charge in [0.1, 0.15) is 6.54 Å². The molecule has 326 valence electrons. The van der Waals surface area contributed by atoms with Gasteiger partial charge in [0.2, 0.25) is 5.69 Å². The highest BCUT2D eigenvalue weighted by atomic mass is 32.2. The second-order valence-electron chi connectivity index (χ2n) is 18.0. The van der Waals surface area contributed by atoms with Crippen LogP contribution in [-0.4, -0.2) is 41.6 Å². The third-order valence-corrected chi connectivity index (χ3v) is 14.7. The number of fused-ring (bicyclic) bond motifs is 7. The zero-order valence-electron chi connectivity index (χ0n) is 37.2. The molecule has 9 rings (SSSR count). The first-order chi connectivity index (χ1) is 30.6. The summed E-state index contributed by atoms with van der Waals surface area (Å²) in [6.07, 6.45) is 9.43. The maximum atomic E-state index is 15.2. The minimum absolute atomic E-state index is 0.0160. The Morgan fingerprint density at radius 1 is 0.672 bits per heavy atom. The summed E-state index contributed by atoms with van der Waals surface area (Å²) in [5.74, 6) is 0. The highest BCUT2D eigenvalue weighted by molar-refractivity contribution is 7.90. The number of hydrogen-bond donors (Lipinski definition) is 0. The fraction of sp³-hybridized carbons (Fsp3) is 0.255. The van der Waals surface area contributed by atoms with Gasteiger partial charge in [0.15, 0.2) is 5.71 Å². The number of halogens is 3. The number of nitrogens with zero attached hydrogens (tertiary/aromatic N) is 3. The van der Waals surface area contributed by atoms with Gasteiger partial charge >= 0.3 is 15.5 Å². The number of anilines is 1. The highest BCUT2D eigenvalue weighted by Gasteiger charge is 2.53. The van der Waals surface area contributed by atoms with Crippen molar-refractivity contribution in [3.05, 3.63) is 191 Å².